The van der Waals surface area contributed by atoms with Gasteiger partial charge in [0.15, 0.2) is 0 Å². The maximum absolute atomic E-state index is 10.3. The molecule has 1 aromatic carbocycles. The van der Waals surface area contributed by atoms with Gasteiger partial charge < -0.3 is 19.5 Å². The molecule has 1 saturated heterocycles. The Kier molecular flexibility index (Phi) is 8.23. The number of aromatic nitrogens is 1. The Morgan fingerprint density at radius 3 is 2.46 bits per heavy atom. The Morgan fingerprint density at radius 2 is 1.79 bits per heavy atom. The lowest BCUT2D eigenvalue weighted by atomic mass is 10.2. The van der Waals surface area contributed by atoms with Gasteiger partial charge in [-0.3, -0.25) is 9.88 Å². The summed E-state index contributed by atoms with van der Waals surface area (Å²) in [7, 11) is 1.65. The Balaban J connectivity index is 1.28. The molecule has 0 aliphatic carbocycles. The van der Waals surface area contributed by atoms with E-state index < -0.39 is 6.10 Å². The van der Waals surface area contributed by atoms with Gasteiger partial charge in [-0.1, -0.05) is 18.2 Å². The number of ether oxygens (including phenoxy) is 2. The molecule has 6 nitrogen and oxygen atoms in total. The number of piperazine rings is 1. The first-order valence-corrected chi connectivity index (χ1v) is 9.96. The Labute approximate surface area is 167 Å². The molecular formula is C22H31N3O3. The SMILES string of the molecule is COc1ccc(COC[C@H](O)CN2CCN(CCc3ccccn3)CC2)cc1. The summed E-state index contributed by atoms with van der Waals surface area (Å²) in [5.41, 5.74) is 2.23. The van der Waals surface area contributed by atoms with E-state index in [0.29, 0.717) is 19.8 Å². The molecule has 1 aliphatic rings. The highest BCUT2D eigenvalue weighted by Gasteiger charge is 2.19. The summed E-state index contributed by atoms with van der Waals surface area (Å²) in [5.74, 6) is 0.836. The van der Waals surface area contributed by atoms with Gasteiger partial charge in [0.05, 0.1) is 26.4 Å². The third-order valence-electron chi connectivity index (χ3n) is 5.08. The summed E-state index contributed by atoms with van der Waals surface area (Å²) in [6, 6.07) is 13.9. The van der Waals surface area contributed by atoms with E-state index in [2.05, 4.69) is 20.9 Å². The Bertz CT molecular complexity index is 673. The molecule has 0 radical (unpaired) electrons. The van der Waals surface area contributed by atoms with E-state index in [4.69, 9.17) is 9.47 Å². The number of methoxy groups -OCH3 is 1. The molecule has 2 aromatic rings. The van der Waals surface area contributed by atoms with Crippen LogP contribution in [0.2, 0.25) is 0 Å². The second kappa shape index (κ2) is 11.1. The summed E-state index contributed by atoms with van der Waals surface area (Å²) in [5, 5.41) is 10.3. The van der Waals surface area contributed by atoms with Crippen LogP contribution in [-0.4, -0.2) is 79.0 Å². The number of aliphatic hydroxyl groups excluding tert-OH is 1. The average molecular weight is 386 g/mol. The van der Waals surface area contributed by atoms with E-state index in [1.54, 1.807) is 7.11 Å². The fraction of sp³-hybridized carbons (Fsp3) is 0.500. The maximum Gasteiger partial charge on any atom is 0.118 e. The zero-order chi connectivity index (χ0) is 19.6. The summed E-state index contributed by atoms with van der Waals surface area (Å²) < 4.78 is 10.8. The molecule has 2 heterocycles. The van der Waals surface area contributed by atoms with Crippen molar-refractivity contribution in [1.82, 2.24) is 14.8 Å². The monoisotopic (exact) mass is 385 g/mol. The van der Waals surface area contributed by atoms with Crippen molar-refractivity contribution in [2.24, 2.45) is 0 Å². The third kappa shape index (κ3) is 6.87. The normalized spacial score (nSPS) is 16.8. The molecule has 0 unspecified atom stereocenters. The first-order valence-electron chi connectivity index (χ1n) is 9.96. The van der Waals surface area contributed by atoms with Crippen molar-refractivity contribution in [2.75, 3.05) is 53.0 Å². The van der Waals surface area contributed by atoms with E-state index in [1.807, 2.05) is 42.6 Å². The van der Waals surface area contributed by atoms with Gasteiger partial charge in [-0.25, -0.2) is 0 Å². The fourth-order valence-corrected chi connectivity index (χ4v) is 3.40. The van der Waals surface area contributed by atoms with Crippen molar-refractivity contribution in [2.45, 2.75) is 19.1 Å². The predicted octanol–water partition coefficient (Wildman–Crippen LogP) is 1.83. The molecule has 0 bridgehead atoms. The molecule has 0 spiro atoms. The van der Waals surface area contributed by atoms with Crippen LogP contribution in [0.15, 0.2) is 48.7 Å². The molecule has 152 valence electrons. The number of rotatable bonds is 10. The number of nitrogens with zero attached hydrogens (tertiary/aromatic N) is 3. The van der Waals surface area contributed by atoms with E-state index in [1.165, 1.54) is 0 Å². The molecule has 0 saturated carbocycles. The summed E-state index contributed by atoms with van der Waals surface area (Å²) in [6.45, 7) is 6.59. The minimum absolute atomic E-state index is 0.353. The molecule has 3 rings (SSSR count). The van der Waals surface area contributed by atoms with Gasteiger partial charge in [0.25, 0.3) is 0 Å². The standard InChI is InChI=1S/C22H31N3O3/c1-27-22-7-5-19(6-8-22)17-28-18-21(26)16-25-14-12-24(13-15-25)11-9-20-4-2-3-10-23-20/h2-8,10,21,26H,9,11-18H2,1H3/t21-/m1/s1. The summed E-state index contributed by atoms with van der Waals surface area (Å²) in [4.78, 5) is 9.17. The number of hydrogen-bond donors (Lipinski definition) is 1. The molecule has 1 N–H and O–H groups in total. The van der Waals surface area contributed by atoms with Gasteiger partial charge in [0.1, 0.15) is 5.75 Å². The highest BCUT2D eigenvalue weighted by Crippen LogP contribution is 2.12. The van der Waals surface area contributed by atoms with Crippen molar-refractivity contribution in [3.05, 3.63) is 59.9 Å². The van der Waals surface area contributed by atoms with Gasteiger partial charge in [-0.15, -0.1) is 0 Å². The number of aliphatic hydroxyl groups is 1. The zero-order valence-electron chi connectivity index (χ0n) is 16.7. The number of β-amino-alcohol motifs (C(OH)–C–C–N with tert-alkyl or cyclic N) is 1. The Hall–Kier alpha value is -1.99. The van der Waals surface area contributed by atoms with E-state index in [-0.39, 0.29) is 0 Å². The molecule has 1 atom stereocenters. The van der Waals surface area contributed by atoms with Gasteiger partial charge in [0, 0.05) is 57.6 Å². The average Bonchev–Trinajstić information content (AvgIpc) is 2.74. The zero-order valence-corrected chi connectivity index (χ0v) is 16.7. The van der Waals surface area contributed by atoms with Crippen LogP contribution in [0.1, 0.15) is 11.3 Å². The molecule has 28 heavy (non-hydrogen) atoms. The van der Waals surface area contributed by atoms with E-state index in [9.17, 15) is 5.11 Å². The van der Waals surface area contributed by atoms with Crippen LogP contribution in [-0.2, 0) is 17.8 Å². The maximum atomic E-state index is 10.3. The smallest absolute Gasteiger partial charge is 0.118 e. The van der Waals surface area contributed by atoms with Crippen LogP contribution in [0.3, 0.4) is 0 Å². The minimum atomic E-state index is -0.460. The van der Waals surface area contributed by atoms with Crippen molar-refractivity contribution in [1.29, 1.82) is 0 Å². The topological polar surface area (TPSA) is 58.1 Å². The second-order valence-corrected chi connectivity index (χ2v) is 7.23. The van der Waals surface area contributed by atoms with Crippen LogP contribution in [0.4, 0.5) is 0 Å². The van der Waals surface area contributed by atoms with E-state index in [0.717, 1.165) is 56.2 Å². The lowest BCUT2D eigenvalue weighted by molar-refractivity contribution is 0.00149. The predicted molar refractivity (Wildman–Crippen MR) is 109 cm³/mol. The van der Waals surface area contributed by atoms with Gasteiger partial charge in [-0.2, -0.15) is 0 Å². The van der Waals surface area contributed by atoms with Crippen LogP contribution < -0.4 is 4.74 Å². The number of hydrogen-bond acceptors (Lipinski definition) is 6. The van der Waals surface area contributed by atoms with Gasteiger partial charge >= 0.3 is 0 Å². The summed E-state index contributed by atoms with van der Waals surface area (Å²) >= 11 is 0. The highest BCUT2D eigenvalue weighted by atomic mass is 16.5. The molecule has 1 fully saturated rings. The molecular weight excluding hydrogens is 354 g/mol. The molecule has 6 heteroatoms. The van der Waals surface area contributed by atoms with Crippen LogP contribution in [0, 0.1) is 0 Å². The van der Waals surface area contributed by atoms with Crippen LogP contribution in [0.5, 0.6) is 5.75 Å². The number of pyridine rings is 1. The van der Waals surface area contributed by atoms with Crippen molar-refractivity contribution >= 4 is 0 Å². The van der Waals surface area contributed by atoms with Crippen molar-refractivity contribution in [3.63, 3.8) is 0 Å². The lowest BCUT2D eigenvalue weighted by Crippen LogP contribution is -2.49. The quantitative estimate of drug-likeness (QED) is 0.673. The van der Waals surface area contributed by atoms with Crippen molar-refractivity contribution in [3.8, 4) is 5.75 Å². The first kappa shape index (κ1) is 20.7. The molecule has 1 aliphatic heterocycles. The largest absolute Gasteiger partial charge is 0.497 e. The van der Waals surface area contributed by atoms with Gasteiger partial charge in [-0.05, 0) is 29.8 Å². The van der Waals surface area contributed by atoms with Gasteiger partial charge in [0.2, 0.25) is 0 Å². The number of benzene rings is 1. The summed E-state index contributed by atoms with van der Waals surface area (Å²) in [6.07, 6.45) is 2.38. The molecule has 0 amide bonds. The third-order valence-corrected chi connectivity index (χ3v) is 5.08. The van der Waals surface area contributed by atoms with Crippen LogP contribution >= 0.6 is 0 Å². The molecule has 1 aromatic heterocycles. The van der Waals surface area contributed by atoms with Crippen LogP contribution in [0.25, 0.3) is 0 Å². The van der Waals surface area contributed by atoms with Crippen molar-refractivity contribution < 1.29 is 14.6 Å². The highest BCUT2D eigenvalue weighted by molar-refractivity contribution is 5.26. The Morgan fingerprint density at radius 1 is 1.04 bits per heavy atom. The second-order valence-electron chi connectivity index (χ2n) is 7.23. The van der Waals surface area contributed by atoms with E-state index >= 15 is 0 Å². The lowest BCUT2D eigenvalue weighted by Gasteiger charge is -2.35. The fourth-order valence-electron chi connectivity index (χ4n) is 3.40. The first-order chi connectivity index (χ1) is 13.7. The minimum Gasteiger partial charge on any atom is -0.497 e.